The summed E-state index contributed by atoms with van der Waals surface area (Å²) in [6.45, 7) is 8.01. The number of carbonyl (C=O) groups is 2. The molecule has 0 aliphatic heterocycles. The van der Waals surface area contributed by atoms with Crippen LogP contribution in [0.2, 0.25) is 0 Å². The summed E-state index contributed by atoms with van der Waals surface area (Å²) < 4.78 is 4.74. The number of carbonyl (C=O) groups excluding carboxylic acids is 2. The van der Waals surface area contributed by atoms with Crippen LogP contribution in [0.5, 0.6) is 0 Å². The zero-order chi connectivity index (χ0) is 14.4. The van der Waals surface area contributed by atoms with Crippen LogP contribution in [-0.4, -0.2) is 32.1 Å². The van der Waals surface area contributed by atoms with Crippen LogP contribution in [0.25, 0.3) is 0 Å². The molecule has 1 rings (SSSR count). The van der Waals surface area contributed by atoms with Crippen LogP contribution in [-0.2, 0) is 9.53 Å². The molecule has 1 aromatic heterocycles. The summed E-state index contributed by atoms with van der Waals surface area (Å²) in [7, 11) is 1.33. The zero-order valence-corrected chi connectivity index (χ0v) is 12.1. The van der Waals surface area contributed by atoms with E-state index in [2.05, 4.69) is 17.2 Å². The molecule has 1 amide bonds. The van der Waals surface area contributed by atoms with Gasteiger partial charge in [0.25, 0.3) is 0 Å². The predicted molar refractivity (Wildman–Crippen MR) is 76.8 cm³/mol. The molecule has 0 aromatic carbocycles. The summed E-state index contributed by atoms with van der Waals surface area (Å²) in [6.07, 6.45) is 1.67. The van der Waals surface area contributed by atoms with E-state index in [1.165, 1.54) is 18.4 Å². The number of ether oxygens (including phenoxy) is 1. The molecule has 0 radical (unpaired) electrons. The van der Waals surface area contributed by atoms with Gasteiger partial charge in [0.2, 0.25) is 5.91 Å². The summed E-state index contributed by atoms with van der Waals surface area (Å²) in [6, 6.07) is 0. The fraction of sp³-hybridized carbons (Fsp3) is 0.385. The molecule has 0 fully saturated rings. The average molecular weight is 282 g/mol. The molecule has 6 heteroatoms. The third-order valence-corrected chi connectivity index (χ3v) is 3.72. The quantitative estimate of drug-likeness (QED) is 0.475. The van der Waals surface area contributed by atoms with Crippen molar-refractivity contribution in [1.82, 2.24) is 5.32 Å². The van der Waals surface area contributed by atoms with Crippen molar-refractivity contribution in [3.63, 3.8) is 0 Å². The summed E-state index contributed by atoms with van der Waals surface area (Å²) >= 11 is 1.37. The van der Waals surface area contributed by atoms with Gasteiger partial charge in [-0.25, -0.2) is 4.79 Å². The van der Waals surface area contributed by atoms with E-state index in [9.17, 15) is 9.59 Å². The Hall–Kier alpha value is -1.66. The molecule has 0 saturated heterocycles. The zero-order valence-electron chi connectivity index (χ0n) is 11.3. The van der Waals surface area contributed by atoms with Gasteiger partial charge in [-0.2, -0.15) is 0 Å². The van der Waals surface area contributed by atoms with Gasteiger partial charge in [-0.3, -0.25) is 4.79 Å². The molecule has 0 unspecified atom stereocenters. The van der Waals surface area contributed by atoms with Crippen LogP contribution in [0.1, 0.15) is 20.8 Å². The van der Waals surface area contributed by atoms with Crippen molar-refractivity contribution >= 4 is 28.2 Å². The Morgan fingerprint density at radius 2 is 2.11 bits per heavy atom. The lowest BCUT2D eigenvalue weighted by Crippen LogP contribution is -2.28. The molecule has 0 spiro atoms. The number of aryl methyl sites for hydroxylation is 1. The largest absolute Gasteiger partial charge is 0.465 e. The first-order valence-electron chi connectivity index (χ1n) is 5.81. The van der Waals surface area contributed by atoms with Gasteiger partial charge in [-0.15, -0.1) is 17.9 Å². The van der Waals surface area contributed by atoms with Crippen LogP contribution in [0.15, 0.2) is 12.7 Å². The van der Waals surface area contributed by atoms with Crippen LogP contribution in [0.3, 0.4) is 0 Å². The fourth-order valence-corrected chi connectivity index (χ4v) is 2.59. The first-order valence-corrected chi connectivity index (χ1v) is 6.62. The van der Waals surface area contributed by atoms with E-state index >= 15 is 0 Å². The monoisotopic (exact) mass is 282 g/mol. The summed E-state index contributed by atoms with van der Waals surface area (Å²) in [5, 5.41) is 6.16. The van der Waals surface area contributed by atoms with Crippen LogP contribution in [0.4, 0.5) is 5.00 Å². The highest BCUT2D eigenvalue weighted by atomic mass is 32.1. The normalized spacial score (nSPS) is 10.1. The topological polar surface area (TPSA) is 67.4 Å². The lowest BCUT2D eigenvalue weighted by atomic mass is 10.1. The van der Waals surface area contributed by atoms with Crippen molar-refractivity contribution in [3.8, 4) is 0 Å². The van der Waals surface area contributed by atoms with Gasteiger partial charge < -0.3 is 15.4 Å². The minimum atomic E-state index is -0.434. The molecular formula is C13H18N2O3S. The second-order valence-corrected chi connectivity index (χ2v) is 5.17. The maximum absolute atomic E-state index is 11.7. The van der Waals surface area contributed by atoms with E-state index < -0.39 is 5.97 Å². The summed E-state index contributed by atoms with van der Waals surface area (Å²) in [5.41, 5.74) is 1.27. The number of hydrogen-bond acceptors (Lipinski definition) is 5. The summed E-state index contributed by atoms with van der Waals surface area (Å²) in [4.78, 5) is 24.4. The molecule has 1 heterocycles. The van der Waals surface area contributed by atoms with Gasteiger partial charge in [-0.1, -0.05) is 6.08 Å². The van der Waals surface area contributed by atoms with Crippen molar-refractivity contribution in [1.29, 1.82) is 0 Å². The number of hydrogen-bond donors (Lipinski definition) is 2. The van der Waals surface area contributed by atoms with Crippen molar-refractivity contribution in [2.45, 2.75) is 13.8 Å². The number of methoxy groups -OCH3 is 1. The van der Waals surface area contributed by atoms with E-state index in [1.54, 1.807) is 6.08 Å². The Bertz CT molecular complexity index is 494. The molecule has 2 N–H and O–H groups in total. The Kier molecular flexibility index (Phi) is 5.72. The van der Waals surface area contributed by atoms with Crippen molar-refractivity contribution in [2.75, 3.05) is 25.5 Å². The Balaban J connectivity index is 2.83. The molecule has 0 aliphatic rings. The van der Waals surface area contributed by atoms with Gasteiger partial charge >= 0.3 is 5.97 Å². The molecule has 0 atom stereocenters. The number of amides is 1. The highest BCUT2D eigenvalue weighted by Crippen LogP contribution is 2.32. The molecule has 1 aromatic rings. The number of nitrogens with one attached hydrogen (secondary N) is 2. The second-order valence-electron chi connectivity index (χ2n) is 3.95. The number of rotatable bonds is 6. The Morgan fingerprint density at radius 3 is 2.68 bits per heavy atom. The molecule has 19 heavy (non-hydrogen) atoms. The van der Waals surface area contributed by atoms with Crippen molar-refractivity contribution < 1.29 is 14.3 Å². The molecule has 104 valence electrons. The van der Waals surface area contributed by atoms with Gasteiger partial charge in [-0.05, 0) is 19.4 Å². The van der Waals surface area contributed by atoms with E-state index in [4.69, 9.17) is 4.74 Å². The highest BCUT2D eigenvalue weighted by Gasteiger charge is 2.21. The SMILES string of the molecule is C=CCNCC(=O)Nc1sc(C)c(C)c1C(=O)OC. The third-order valence-electron chi connectivity index (χ3n) is 2.60. The lowest BCUT2D eigenvalue weighted by molar-refractivity contribution is -0.115. The first-order chi connectivity index (χ1) is 9.01. The predicted octanol–water partition coefficient (Wildman–Crippen LogP) is 1.87. The van der Waals surface area contributed by atoms with E-state index in [-0.39, 0.29) is 12.5 Å². The fourth-order valence-electron chi connectivity index (χ4n) is 1.52. The third kappa shape index (κ3) is 3.90. The number of esters is 1. The molecule has 0 aliphatic carbocycles. The Labute approximate surface area is 116 Å². The molecule has 5 nitrogen and oxygen atoms in total. The second kappa shape index (κ2) is 7.06. The summed E-state index contributed by atoms with van der Waals surface area (Å²) in [5.74, 6) is -0.635. The van der Waals surface area contributed by atoms with Crippen LogP contribution >= 0.6 is 11.3 Å². The highest BCUT2D eigenvalue weighted by molar-refractivity contribution is 7.16. The van der Waals surface area contributed by atoms with Crippen LogP contribution in [0, 0.1) is 13.8 Å². The Morgan fingerprint density at radius 1 is 1.42 bits per heavy atom. The van der Waals surface area contributed by atoms with Gasteiger partial charge in [0.1, 0.15) is 5.00 Å². The van der Waals surface area contributed by atoms with Crippen LogP contribution < -0.4 is 10.6 Å². The van der Waals surface area contributed by atoms with E-state index in [0.717, 1.165) is 10.4 Å². The van der Waals surface area contributed by atoms with Gasteiger partial charge in [0.15, 0.2) is 0 Å². The minimum absolute atomic E-state index is 0.169. The maximum atomic E-state index is 11.7. The average Bonchev–Trinajstić information content (AvgIpc) is 2.64. The van der Waals surface area contributed by atoms with E-state index in [0.29, 0.717) is 17.1 Å². The smallest absolute Gasteiger partial charge is 0.341 e. The maximum Gasteiger partial charge on any atom is 0.341 e. The van der Waals surface area contributed by atoms with E-state index in [1.807, 2.05) is 13.8 Å². The van der Waals surface area contributed by atoms with Crippen molar-refractivity contribution in [2.24, 2.45) is 0 Å². The van der Waals surface area contributed by atoms with Gasteiger partial charge in [0.05, 0.1) is 19.2 Å². The number of thiophene rings is 1. The lowest BCUT2D eigenvalue weighted by Gasteiger charge is -2.06. The standard InChI is InChI=1S/C13H18N2O3S/c1-5-6-14-7-10(16)15-12-11(13(17)18-4)8(2)9(3)19-12/h5,14H,1,6-7H2,2-4H3,(H,15,16). The minimum Gasteiger partial charge on any atom is -0.465 e. The molecule has 0 saturated carbocycles. The first kappa shape index (κ1) is 15.4. The molecule has 0 bridgehead atoms. The van der Waals surface area contributed by atoms with Crippen molar-refractivity contribution in [3.05, 3.63) is 28.7 Å². The number of anilines is 1. The molecular weight excluding hydrogens is 264 g/mol. The van der Waals surface area contributed by atoms with Gasteiger partial charge in [0, 0.05) is 11.4 Å².